The van der Waals surface area contributed by atoms with Gasteiger partial charge in [0.15, 0.2) is 0 Å². The smallest absolute Gasteiger partial charge is 0.358 e. The van der Waals surface area contributed by atoms with Crippen LogP contribution in [0.25, 0.3) is 0 Å². The van der Waals surface area contributed by atoms with Gasteiger partial charge in [0.1, 0.15) is 0 Å². The molecular formula is C9H10KO-. The Morgan fingerprint density at radius 3 is 2.55 bits per heavy atom. The molecule has 0 saturated heterocycles. The van der Waals surface area contributed by atoms with Gasteiger partial charge in [-0.25, -0.2) is 0 Å². The third-order valence-electron chi connectivity index (χ3n) is 1.22. The Labute approximate surface area is 111 Å². The second kappa shape index (κ2) is 7.19. The summed E-state index contributed by atoms with van der Waals surface area (Å²) in [5, 5.41) is 0. The molecule has 0 heterocycles. The van der Waals surface area contributed by atoms with Crippen molar-refractivity contribution in [2.45, 2.75) is 6.92 Å². The summed E-state index contributed by atoms with van der Waals surface area (Å²) in [6.45, 7) is 1.89. The maximum absolute atomic E-state index is 10.2. The van der Waals surface area contributed by atoms with Gasteiger partial charge < -0.3 is 12.2 Å². The standard InChI is InChI=1S/C8H7O.CH3.K/c1-7-4-2-3-5-8(7)6-9;;/h2-4,6H,1H3;1H3;/q2*-1;+1. The number of carbonyl (C=O) groups excluding carboxylic acids is 1. The van der Waals surface area contributed by atoms with E-state index in [1.165, 1.54) is 0 Å². The molecule has 54 valence electrons. The first kappa shape index (κ1) is 14.1. The molecular weight excluding hydrogens is 163 g/mol. The van der Waals surface area contributed by atoms with Gasteiger partial charge in [-0.2, -0.15) is 0 Å². The molecule has 0 spiro atoms. The summed E-state index contributed by atoms with van der Waals surface area (Å²) in [6, 6.07) is 8.30. The molecule has 0 bridgehead atoms. The van der Waals surface area contributed by atoms with Crippen LogP contribution in [0.1, 0.15) is 15.9 Å². The largest absolute Gasteiger partial charge is 1.00 e. The molecule has 1 aromatic carbocycles. The van der Waals surface area contributed by atoms with Crippen LogP contribution < -0.4 is 51.4 Å². The summed E-state index contributed by atoms with van der Waals surface area (Å²) in [6.07, 6.45) is 0.815. The molecule has 0 saturated carbocycles. The second-order valence-electron chi connectivity index (χ2n) is 1.88. The summed E-state index contributed by atoms with van der Waals surface area (Å²) < 4.78 is 0. The molecule has 0 aliphatic rings. The Hall–Kier alpha value is 0.526. The third kappa shape index (κ3) is 4.18. The van der Waals surface area contributed by atoms with Gasteiger partial charge in [-0.15, -0.1) is 35.4 Å². The Kier molecular flexibility index (Phi) is 9.20. The maximum Gasteiger partial charge on any atom is 1.00 e. The minimum absolute atomic E-state index is 0. The van der Waals surface area contributed by atoms with Crippen molar-refractivity contribution in [1.82, 2.24) is 0 Å². The fourth-order valence-corrected chi connectivity index (χ4v) is 0.661. The average molecular weight is 173 g/mol. The van der Waals surface area contributed by atoms with Crippen molar-refractivity contribution in [2.24, 2.45) is 0 Å². The van der Waals surface area contributed by atoms with Crippen LogP contribution in [-0.4, -0.2) is 6.29 Å². The van der Waals surface area contributed by atoms with E-state index in [2.05, 4.69) is 6.07 Å². The molecule has 0 aromatic heterocycles. The van der Waals surface area contributed by atoms with Gasteiger partial charge in [-0.1, -0.05) is 6.92 Å². The molecule has 0 unspecified atom stereocenters. The molecule has 0 amide bonds. The van der Waals surface area contributed by atoms with E-state index in [9.17, 15) is 4.79 Å². The number of hydrogen-bond acceptors (Lipinski definition) is 1. The molecule has 2 heteroatoms. The van der Waals surface area contributed by atoms with E-state index in [-0.39, 0.29) is 58.8 Å². The Morgan fingerprint density at radius 2 is 2.18 bits per heavy atom. The van der Waals surface area contributed by atoms with Crippen molar-refractivity contribution in [2.75, 3.05) is 0 Å². The monoisotopic (exact) mass is 173 g/mol. The molecule has 1 aromatic rings. The summed E-state index contributed by atoms with van der Waals surface area (Å²) in [5.74, 6) is 0. The minimum Gasteiger partial charge on any atom is -0.358 e. The minimum atomic E-state index is 0. The van der Waals surface area contributed by atoms with Crippen molar-refractivity contribution >= 4 is 6.29 Å². The van der Waals surface area contributed by atoms with E-state index >= 15 is 0 Å². The first-order valence-electron chi connectivity index (χ1n) is 2.77. The molecule has 0 N–H and O–H groups in total. The molecule has 0 atom stereocenters. The molecule has 0 radical (unpaired) electrons. The predicted octanol–water partition coefficient (Wildman–Crippen LogP) is -0.938. The van der Waals surface area contributed by atoms with Crippen molar-refractivity contribution in [1.29, 1.82) is 0 Å². The number of rotatable bonds is 1. The van der Waals surface area contributed by atoms with Gasteiger partial charge >= 0.3 is 51.4 Å². The molecule has 1 nitrogen and oxygen atoms in total. The fraction of sp³-hybridized carbons (Fsp3) is 0.111. The summed E-state index contributed by atoms with van der Waals surface area (Å²) >= 11 is 0. The first-order valence-corrected chi connectivity index (χ1v) is 2.77. The van der Waals surface area contributed by atoms with Crippen LogP contribution >= 0.6 is 0 Å². The molecule has 0 aliphatic carbocycles. The van der Waals surface area contributed by atoms with Gasteiger partial charge in [0, 0.05) is 0 Å². The van der Waals surface area contributed by atoms with Crippen molar-refractivity contribution in [3.8, 4) is 0 Å². The molecule has 11 heavy (non-hydrogen) atoms. The number of benzene rings is 1. The number of hydrogen-bond donors (Lipinski definition) is 0. The van der Waals surface area contributed by atoms with E-state index in [1.807, 2.05) is 19.1 Å². The van der Waals surface area contributed by atoms with E-state index in [0.29, 0.717) is 5.56 Å². The predicted molar refractivity (Wildman–Crippen MR) is 41.8 cm³/mol. The van der Waals surface area contributed by atoms with Gasteiger partial charge in [0.05, 0.1) is 6.29 Å². The quantitative estimate of drug-likeness (QED) is 0.304. The van der Waals surface area contributed by atoms with E-state index in [4.69, 9.17) is 0 Å². The van der Waals surface area contributed by atoms with Gasteiger partial charge in [0.2, 0.25) is 0 Å². The number of aldehydes is 1. The van der Waals surface area contributed by atoms with Gasteiger partial charge in [0.25, 0.3) is 0 Å². The van der Waals surface area contributed by atoms with E-state index < -0.39 is 0 Å². The topological polar surface area (TPSA) is 17.1 Å². The first-order chi connectivity index (χ1) is 4.34. The zero-order valence-electron chi connectivity index (χ0n) is 7.22. The summed E-state index contributed by atoms with van der Waals surface area (Å²) in [5.41, 5.74) is 1.63. The fourth-order valence-electron chi connectivity index (χ4n) is 0.661. The van der Waals surface area contributed by atoms with Crippen LogP contribution in [0.5, 0.6) is 0 Å². The summed E-state index contributed by atoms with van der Waals surface area (Å²) in [4.78, 5) is 10.2. The zero-order valence-corrected chi connectivity index (χ0v) is 10.3. The Balaban J connectivity index is 0. The Morgan fingerprint density at radius 1 is 1.55 bits per heavy atom. The van der Waals surface area contributed by atoms with Crippen LogP contribution in [0.2, 0.25) is 0 Å². The van der Waals surface area contributed by atoms with Crippen LogP contribution in [-0.2, 0) is 0 Å². The summed E-state index contributed by atoms with van der Waals surface area (Å²) in [7, 11) is 0. The SMILES string of the molecule is Cc1ccc[c-]c1C=O.[CH3-].[K+]. The third-order valence-corrected chi connectivity index (χ3v) is 1.22. The van der Waals surface area contributed by atoms with Crippen LogP contribution in [0, 0.1) is 20.4 Å². The Bertz CT molecular complexity index is 221. The molecule has 0 aliphatic heterocycles. The molecule has 0 fully saturated rings. The van der Waals surface area contributed by atoms with Crippen LogP contribution in [0.3, 0.4) is 0 Å². The van der Waals surface area contributed by atoms with Crippen LogP contribution in [0.15, 0.2) is 18.2 Å². The number of aryl methyl sites for hydroxylation is 1. The van der Waals surface area contributed by atoms with E-state index in [1.54, 1.807) is 6.07 Å². The van der Waals surface area contributed by atoms with Gasteiger partial charge in [-0.3, -0.25) is 0 Å². The van der Waals surface area contributed by atoms with Gasteiger partial charge in [-0.05, 0) is 0 Å². The average Bonchev–Trinajstić information content (AvgIpc) is 1.89. The van der Waals surface area contributed by atoms with E-state index in [0.717, 1.165) is 11.8 Å². The second-order valence-corrected chi connectivity index (χ2v) is 1.88. The van der Waals surface area contributed by atoms with Crippen molar-refractivity contribution < 1.29 is 56.2 Å². The van der Waals surface area contributed by atoms with Crippen LogP contribution in [0.4, 0.5) is 0 Å². The number of carbonyl (C=O) groups is 1. The maximum atomic E-state index is 10.2. The zero-order chi connectivity index (χ0) is 6.69. The van der Waals surface area contributed by atoms with Crippen molar-refractivity contribution in [3.63, 3.8) is 0 Å². The normalized spacial score (nSPS) is 7.36. The molecule has 1 rings (SSSR count). The van der Waals surface area contributed by atoms with Crippen molar-refractivity contribution in [3.05, 3.63) is 42.8 Å².